The van der Waals surface area contributed by atoms with Crippen LogP contribution >= 0.6 is 0 Å². The van der Waals surface area contributed by atoms with Gasteiger partial charge in [0.2, 0.25) is 0 Å². The van der Waals surface area contributed by atoms with E-state index in [0.717, 1.165) is 18.5 Å². The molecule has 1 atom stereocenters. The summed E-state index contributed by atoms with van der Waals surface area (Å²) in [4.78, 5) is 27.2. The summed E-state index contributed by atoms with van der Waals surface area (Å²) in [5.41, 5.74) is -0.352. The number of benzene rings is 1. The van der Waals surface area contributed by atoms with Gasteiger partial charge < -0.3 is 14.7 Å². The second-order valence-electron chi connectivity index (χ2n) is 5.78. The highest BCUT2D eigenvalue weighted by molar-refractivity contribution is 5.84. The van der Waals surface area contributed by atoms with Crippen molar-refractivity contribution in [1.82, 2.24) is 9.80 Å². The Morgan fingerprint density at radius 1 is 1.36 bits per heavy atom. The van der Waals surface area contributed by atoms with Crippen molar-refractivity contribution in [2.24, 2.45) is 0 Å². The van der Waals surface area contributed by atoms with E-state index < -0.39 is 17.6 Å². The molecule has 6 heteroatoms. The number of hydrogen-bond acceptors (Lipinski definition) is 4. The molecule has 120 valence electrons. The van der Waals surface area contributed by atoms with Crippen molar-refractivity contribution in [3.05, 3.63) is 35.9 Å². The summed E-state index contributed by atoms with van der Waals surface area (Å²) in [6.07, 6.45) is 0.560. The van der Waals surface area contributed by atoms with Gasteiger partial charge in [-0.05, 0) is 32.0 Å². The first-order valence-electron chi connectivity index (χ1n) is 7.32. The molecule has 0 bridgehead atoms. The molecular weight excluding hydrogens is 284 g/mol. The van der Waals surface area contributed by atoms with Crippen LogP contribution < -0.4 is 0 Å². The fraction of sp³-hybridized carbons (Fsp3) is 0.500. The maximum Gasteiger partial charge on any atom is 0.410 e. The standard InChI is InChI=1S/C16H22N2O4/c1-17-10-6-9-16(12-17,14(19)20)18(2)15(21)22-11-13-7-4-3-5-8-13/h3-5,7-8H,6,9-12H2,1-2H3,(H,19,20). The number of aliphatic carboxylic acids is 1. The highest BCUT2D eigenvalue weighted by Gasteiger charge is 2.47. The number of carbonyl (C=O) groups is 2. The average molecular weight is 306 g/mol. The quantitative estimate of drug-likeness (QED) is 0.918. The molecule has 1 aromatic rings. The number of carboxylic acid groups (broad SMARTS) is 1. The fourth-order valence-corrected chi connectivity index (χ4v) is 2.83. The lowest BCUT2D eigenvalue weighted by Crippen LogP contribution is -2.63. The van der Waals surface area contributed by atoms with Gasteiger partial charge in [0.1, 0.15) is 6.61 Å². The second kappa shape index (κ2) is 6.79. The van der Waals surface area contributed by atoms with Gasteiger partial charge in [-0.1, -0.05) is 30.3 Å². The lowest BCUT2D eigenvalue weighted by Gasteiger charge is -2.43. The van der Waals surface area contributed by atoms with Crippen molar-refractivity contribution in [1.29, 1.82) is 0 Å². The van der Waals surface area contributed by atoms with Gasteiger partial charge in [0.25, 0.3) is 0 Å². The van der Waals surface area contributed by atoms with Gasteiger partial charge in [0.15, 0.2) is 5.54 Å². The number of hydrogen-bond donors (Lipinski definition) is 1. The Hall–Kier alpha value is -2.08. The van der Waals surface area contributed by atoms with Crippen LogP contribution in [0.5, 0.6) is 0 Å². The van der Waals surface area contributed by atoms with E-state index in [1.54, 1.807) is 0 Å². The van der Waals surface area contributed by atoms with E-state index >= 15 is 0 Å². The van der Waals surface area contributed by atoms with E-state index in [9.17, 15) is 14.7 Å². The molecule has 2 rings (SSSR count). The molecule has 1 aliphatic rings. The minimum atomic E-state index is -1.22. The summed E-state index contributed by atoms with van der Waals surface area (Å²) in [6, 6.07) is 9.32. The van der Waals surface area contributed by atoms with Gasteiger partial charge in [-0.2, -0.15) is 0 Å². The minimum absolute atomic E-state index is 0.134. The Morgan fingerprint density at radius 2 is 2.05 bits per heavy atom. The zero-order chi connectivity index (χ0) is 16.2. The van der Waals surface area contributed by atoms with E-state index in [2.05, 4.69) is 0 Å². The molecule has 1 heterocycles. The molecule has 1 N–H and O–H groups in total. The molecule has 0 aromatic heterocycles. The minimum Gasteiger partial charge on any atom is -0.479 e. The number of piperidine rings is 1. The topological polar surface area (TPSA) is 70.1 Å². The third-order valence-corrected chi connectivity index (χ3v) is 4.18. The van der Waals surface area contributed by atoms with Crippen LogP contribution in [0.4, 0.5) is 4.79 Å². The Labute approximate surface area is 130 Å². The van der Waals surface area contributed by atoms with Crippen molar-refractivity contribution in [3.8, 4) is 0 Å². The van der Waals surface area contributed by atoms with E-state index in [-0.39, 0.29) is 6.61 Å². The van der Waals surface area contributed by atoms with Crippen molar-refractivity contribution in [2.75, 3.05) is 27.2 Å². The molecule has 1 aliphatic heterocycles. The smallest absolute Gasteiger partial charge is 0.410 e. The van der Waals surface area contributed by atoms with Crippen LogP contribution in [0.3, 0.4) is 0 Å². The SMILES string of the molecule is CN1CCCC(C(=O)O)(N(C)C(=O)OCc2ccccc2)C1. The van der Waals surface area contributed by atoms with Crippen LogP contribution in [0.25, 0.3) is 0 Å². The normalized spacial score (nSPS) is 22.1. The van der Waals surface area contributed by atoms with Gasteiger partial charge >= 0.3 is 12.1 Å². The lowest BCUT2D eigenvalue weighted by molar-refractivity contribution is -0.153. The number of nitrogens with zero attached hydrogens (tertiary/aromatic N) is 2. The highest BCUT2D eigenvalue weighted by Crippen LogP contribution is 2.27. The summed E-state index contributed by atoms with van der Waals surface area (Å²) in [6.45, 7) is 1.27. The van der Waals surface area contributed by atoms with Gasteiger partial charge in [-0.15, -0.1) is 0 Å². The first-order valence-corrected chi connectivity index (χ1v) is 7.32. The van der Waals surface area contributed by atoms with Crippen LogP contribution in [0, 0.1) is 0 Å². The number of amides is 1. The van der Waals surface area contributed by atoms with E-state index in [1.165, 1.54) is 11.9 Å². The van der Waals surface area contributed by atoms with E-state index in [1.807, 2.05) is 42.3 Å². The molecule has 1 amide bonds. The number of carbonyl (C=O) groups excluding carboxylic acids is 1. The summed E-state index contributed by atoms with van der Waals surface area (Å²) in [7, 11) is 3.36. The number of rotatable bonds is 4. The van der Waals surface area contributed by atoms with Gasteiger partial charge in [-0.25, -0.2) is 9.59 Å². The van der Waals surface area contributed by atoms with Crippen molar-refractivity contribution >= 4 is 12.1 Å². The molecule has 1 unspecified atom stereocenters. The van der Waals surface area contributed by atoms with E-state index in [0.29, 0.717) is 13.0 Å². The first-order chi connectivity index (χ1) is 10.5. The summed E-state index contributed by atoms with van der Waals surface area (Å²) in [5, 5.41) is 9.63. The molecule has 0 radical (unpaired) electrons. The fourth-order valence-electron chi connectivity index (χ4n) is 2.83. The van der Waals surface area contributed by atoms with Crippen LogP contribution in [-0.4, -0.2) is 59.7 Å². The van der Waals surface area contributed by atoms with Crippen LogP contribution in [0.1, 0.15) is 18.4 Å². The third-order valence-electron chi connectivity index (χ3n) is 4.18. The number of likely N-dealkylation sites (tertiary alicyclic amines) is 1. The van der Waals surface area contributed by atoms with Gasteiger partial charge in [0.05, 0.1) is 0 Å². The maximum atomic E-state index is 12.3. The summed E-state index contributed by atoms with van der Waals surface area (Å²) < 4.78 is 5.26. The molecule has 0 saturated carbocycles. The van der Waals surface area contributed by atoms with Crippen molar-refractivity contribution in [3.63, 3.8) is 0 Å². The summed E-state index contributed by atoms with van der Waals surface area (Å²) >= 11 is 0. The number of ether oxygens (including phenoxy) is 1. The monoisotopic (exact) mass is 306 g/mol. The Kier molecular flexibility index (Phi) is 5.03. The van der Waals surface area contributed by atoms with Crippen LogP contribution in [0.2, 0.25) is 0 Å². The first kappa shape index (κ1) is 16.3. The number of likely N-dealkylation sites (N-methyl/N-ethyl adjacent to an activating group) is 2. The predicted molar refractivity (Wildman–Crippen MR) is 81.5 cm³/mol. The lowest BCUT2D eigenvalue weighted by atomic mass is 9.88. The molecule has 22 heavy (non-hydrogen) atoms. The highest BCUT2D eigenvalue weighted by atomic mass is 16.6. The largest absolute Gasteiger partial charge is 0.479 e. The molecule has 1 fully saturated rings. The predicted octanol–water partition coefficient (Wildman–Crippen LogP) is 1.80. The third kappa shape index (κ3) is 3.39. The molecule has 0 spiro atoms. The van der Waals surface area contributed by atoms with Gasteiger partial charge in [0, 0.05) is 13.6 Å². The molecule has 1 saturated heterocycles. The Bertz CT molecular complexity index is 534. The molecule has 0 aliphatic carbocycles. The zero-order valence-electron chi connectivity index (χ0n) is 13.0. The van der Waals surface area contributed by atoms with Gasteiger partial charge in [-0.3, -0.25) is 4.90 Å². The van der Waals surface area contributed by atoms with Crippen LogP contribution in [0.15, 0.2) is 30.3 Å². The Morgan fingerprint density at radius 3 is 2.64 bits per heavy atom. The maximum absolute atomic E-state index is 12.3. The van der Waals surface area contributed by atoms with Crippen LogP contribution in [-0.2, 0) is 16.1 Å². The molecule has 1 aromatic carbocycles. The zero-order valence-corrected chi connectivity index (χ0v) is 13.0. The molecular formula is C16H22N2O4. The second-order valence-corrected chi connectivity index (χ2v) is 5.78. The van der Waals surface area contributed by atoms with Crippen molar-refractivity contribution < 1.29 is 19.4 Å². The Balaban J connectivity index is 2.05. The van der Waals surface area contributed by atoms with Crippen molar-refractivity contribution in [2.45, 2.75) is 25.0 Å². The van der Waals surface area contributed by atoms with E-state index in [4.69, 9.17) is 4.74 Å². The summed E-state index contributed by atoms with van der Waals surface area (Å²) in [5.74, 6) is -0.988. The average Bonchev–Trinajstić information content (AvgIpc) is 2.52. The molecule has 6 nitrogen and oxygen atoms in total. The number of carboxylic acids is 1.